The SMILES string of the molecule is CC1C(=O)N(c2ccc3c(c2)OCO3)C(=S)N1c1ccc(Oc2ccccc2)cc1. The highest BCUT2D eigenvalue weighted by Crippen LogP contribution is 2.38. The third-order valence-corrected chi connectivity index (χ3v) is 5.45. The van der Waals surface area contributed by atoms with Crippen molar-refractivity contribution in [3.05, 3.63) is 72.8 Å². The summed E-state index contributed by atoms with van der Waals surface area (Å²) in [5.41, 5.74) is 1.48. The van der Waals surface area contributed by atoms with E-state index in [9.17, 15) is 4.79 Å². The Bertz CT molecular complexity index is 1120. The molecule has 150 valence electrons. The zero-order chi connectivity index (χ0) is 20.7. The standard InChI is InChI=1S/C23H18N2O4S/c1-15-22(26)25(17-9-12-20-21(13-17)28-14-27-20)23(30)24(15)16-7-10-19(11-8-16)29-18-5-3-2-4-6-18/h2-13,15H,14H2,1H3. The van der Waals surface area contributed by atoms with Crippen LogP contribution in [0.4, 0.5) is 11.4 Å². The molecule has 2 aliphatic rings. The van der Waals surface area contributed by atoms with Gasteiger partial charge in [-0.15, -0.1) is 0 Å². The molecule has 3 aromatic rings. The lowest BCUT2D eigenvalue weighted by atomic mass is 10.2. The van der Waals surface area contributed by atoms with E-state index in [2.05, 4.69) is 0 Å². The van der Waals surface area contributed by atoms with Crippen LogP contribution in [-0.4, -0.2) is 23.9 Å². The van der Waals surface area contributed by atoms with Gasteiger partial charge in [0.15, 0.2) is 16.6 Å². The summed E-state index contributed by atoms with van der Waals surface area (Å²) in [5, 5.41) is 0.420. The van der Waals surface area contributed by atoms with Gasteiger partial charge in [-0.25, -0.2) is 0 Å². The Hall–Kier alpha value is -3.58. The number of amides is 1. The Morgan fingerprint density at radius 2 is 1.57 bits per heavy atom. The van der Waals surface area contributed by atoms with E-state index in [-0.39, 0.29) is 12.7 Å². The van der Waals surface area contributed by atoms with Crippen LogP contribution in [0, 0.1) is 0 Å². The molecule has 0 saturated carbocycles. The van der Waals surface area contributed by atoms with Gasteiger partial charge >= 0.3 is 0 Å². The molecule has 2 heterocycles. The molecular weight excluding hydrogens is 400 g/mol. The van der Waals surface area contributed by atoms with Gasteiger partial charge in [0.25, 0.3) is 5.91 Å². The molecule has 1 fully saturated rings. The zero-order valence-corrected chi connectivity index (χ0v) is 17.0. The van der Waals surface area contributed by atoms with Gasteiger partial charge in [-0.05, 0) is 67.7 Å². The minimum absolute atomic E-state index is 0.0940. The summed E-state index contributed by atoms with van der Waals surface area (Å²) in [6.45, 7) is 2.02. The van der Waals surface area contributed by atoms with Crippen molar-refractivity contribution in [2.75, 3.05) is 16.6 Å². The fraction of sp³-hybridized carbons (Fsp3) is 0.130. The largest absolute Gasteiger partial charge is 0.457 e. The van der Waals surface area contributed by atoms with Crippen molar-refractivity contribution in [1.82, 2.24) is 0 Å². The molecule has 30 heavy (non-hydrogen) atoms. The number of rotatable bonds is 4. The molecule has 5 rings (SSSR count). The first-order chi connectivity index (χ1) is 14.6. The minimum Gasteiger partial charge on any atom is -0.457 e. The predicted molar refractivity (Wildman–Crippen MR) is 118 cm³/mol. The van der Waals surface area contributed by atoms with E-state index in [1.54, 1.807) is 12.1 Å². The van der Waals surface area contributed by atoms with Crippen LogP contribution in [0.3, 0.4) is 0 Å². The van der Waals surface area contributed by atoms with Crippen molar-refractivity contribution < 1.29 is 19.0 Å². The number of ether oxygens (including phenoxy) is 3. The van der Waals surface area contributed by atoms with Crippen molar-refractivity contribution in [3.63, 3.8) is 0 Å². The number of fused-ring (bicyclic) bond motifs is 1. The summed E-state index contributed by atoms with van der Waals surface area (Å²) in [5.74, 6) is 2.65. The number of benzene rings is 3. The smallest absolute Gasteiger partial charge is 0.256 e. The first kappa shape index (κ1) is 18.4. The van der Waals surface area contributed by atoms with E-state index < -0.39 is 6.04 Å². The van der Waals surface area contributed by atoms with Crippen LogP contribution in [0.1, 0.15) is 6.92 Å². The Kier molecular flexibility index (Phi) is 4.52. The van der Waals surface area contributed by atoms with E-state index in [0.717, 1.165) is 11.4 Å². The number of nitrogens with zero attached hydrogens (tertiary/aromatic N) is 2. The lowest BCUT2D eigenvalue weighted by molar-refractivity contribution is -0.117. The number of hydrogen-bond donors (Lipinski definition) is 0. The van der Waals surface area contributed by atoms with E-state index in [0.29, 0.717) is 28.0 Å². The van der Waals surface area contributed by atoms with Gasteiger partial charge in [0.05, 0.1) is 5.69 Å². The average molecular weight is 418 g/mol. The summed E-state index contributed by atoms with van der Waals surface area (Å²) >= 11 is 5.67. The van der Waals surface area contributed by atoms with Crippen LogP contribution in [0.2, 0.25) is 0 Å². The maximum Gasteiger partial charge on any atom is 0.256 e. The topological polar surface area (TPSA) is 51.2 Å². The van der Waals surface area contributed by atoms with Crippen LogP contribution in [-0.2, 0) is 4.79 Å². The highest BCUT2D eigenvalue weighted by molar-refractivity contribution is 7.81. The molecule has 0 aliphatic carbocycles. The number of para-hydroxylation sites is 1. The Morgan fingerprint density at radius 3 is 2.33 bits per heavy atom. The zero-order valence-electron chi connectivity index (χ0n) is 16.1. The average Bonchev–Trinajstić information content (AvgIpc) is 3.32. The first-order valence-corrected chi connectivity index (χ1v) is 9.92. The molecule has 0 N–H and O–H groups in total. The third-order valence-electron chi connectivity index (χ3n) is 5.07. The summed E-state index contributed by atoms with van der Waals surface area (Å²) < 4.78 is 16.6. The van der Waals surface area contributed by atoms with Crippen LogP contribution < -0.4 is 24.0 Å². The molecule has 1 unspecified atom stereocenters. The van der Waals surface area contributed by atoms with Crippen LogP contribution in [0.5, 0.6) is 23.0 Å². The van der Waals surface area contributed by atoms with E-state index in [4.69, 9.17) is 26.4 Å². The van der Waals surface area contributed by atoms with Gasteiger partial charge in [-0.2, -0.15) is 0 Å². The fourth-order valence-electron chi connectivity index (χ4n) is 3.56. The Balaban J connectivity index is 1.39. The van der Waals surface area contributed by atoms with E-state index in [1.165, 1.54) is 4.90 Å². The molecular formula is C23H18N2O4S. The molecule has 7 heteroatoms. The molecule has 6 nitrogen and oxygen atoms in total. The maximum atomic E-state index is 13.0. The van der Waals surface area contributed by atoms with Gasteiger partial charge < -0.3 is 19.1 Å². The number of anilines is 2. The molecule has 1 amide bonds. The van der Waals surface area contributed by atoms with Crippen LogP contribution in [0.25, 0.3) is 0 Å². The predicted octanol–water partition coefficient (Wildman–Crippen LogP) is 4.73. The quantitative estimate of drug-likeness (QED) is 0.571. The highest BCUT2D eigenvalue weighted by atomic mass is 32.1. The molecule has 1 saturated heterocycles. The molecule has 1 atom stereocenters. The normalized spacial score (nSPS) is 17.6. The van der Waals surface area contributed by atoms with Gasteiger partial charge in [-0.3, -0.25) is 9.69 Å². The number of thiocarbonyl (C=S) groups is 1. The van der Waals surface area contributed by atoms with Gasteiger partial charge in [0.1, 0.15) is 17.5 Å². The Morgan fingerprint density at radius 1 is 0.900 bits per heavy atom. The lowest BCUT2D eigenvalue weighted by Gasteiger charge is -2.22. The van der Waals surface area contributed by atoms with Crippen molar-refractivity contribution in [1.29, 1.82) is 0 Å². The van der Waals surface area contributed by atoms with E-state index in [1.807, 2.05) is 72.5 Å². The minimum atomic E-state index is -0.427. The molecule has 3 aromatic carbocycles. The lowest BCUT2D eigenvalue weighted by Crippen LogP contribution is -2.33. The highest BCUT2D eigenvalue weighted by Gasteiger charge is 2.41. The van der Waals surface area contributed by atoms with Crippen molar-refractivity contribution in [3.8, 4) is 23.0 Å². The Labute approximate surface area is 179 Å². The van der Waals surface area contributed by atoms with Crippen LogP contribution >= 0.6 is 12.2 Å². The third kappa shape index (κ3) is 3.13. The summed E-state index contributed by atoms with van der Waals surface area (Å²) in [6, 6.07) is 22.1. The first-order valence-electron chi connectivity index (χ1n) is 9.51. The number of hydrogen-bond acceptors (Lipinski definition) is 5. The molecule has 0 aromatic heterocycles. The molecule has 0 radical (unpaired) electrons. The second-order valence-electron chi connectivity index (χ2n) is 6.95. The second-order valence-corrected chi connectivity index (χ2v) is 7.31. The van der Waals surface area contributed by atoms with Gasteiger partial charge in [0.2, 0.25) is 6.79 Å². The van der Waals surface area contributed by atoms with Gasteiger partial charge in [0, 0.05) is 11.8 Å². The maximum absolute atomic E-state index is 13.0. The number of carbonyl (C=O) groups is 1. The summed E-state index contributed by atoms with van der Waals surface area (Å²) in [4.78, 5) is 16.4. The van der Waals surface area contributed by atoms with Crippen LogP contribution in [0.15, 0.2) is 72.8 Å². The molecule has 2 aliphatic heterocycles. The monoisotopic (exact) mass is 418 g/mol. The number of carbonyl (C=O) groups excluding carboxylic acids is 1. The van der Waals surface area contributed by atoms with Gasteiger partial charge in [-0.1, -0.05) is 18.2 Å². The summed E-state index contributed by atoms with van der Waals surface area (Å²) in [7, 11) is 0. The molecule has 0 spiro atoms. The van der Waals surface area contributed by atoms with Crippen molar-refractivity contribution in [2.45, 2.75) is 13.0 Å². The molecule has 0 bridgehead atoms. The second kappa shape index (κ2) is 7.35. The van der Waals surface area contributed by atoms with E-state index >= 15 is 0 Å². The van der Waals surface area contributed by atoms with Crippen molar-refractivity contribution in [2.24, 2.45) is 0 Å². The van der Waals surface area contributed by atoms with Crippen molar-refractivity contribution >= 4 is 34.6 Å². The fourth-order valence-corrected chi connectivity index (χ4v) is 4.02. The summed E-state index contributed by atoms with van der Waals surface area (Å²) in [6.07, 6.45) is 0.